The number of nitriles is 1. The summed E-state index contributed by atoms with van der Waals surface area (Å²) in [6.45, 7) is 0. The van der Waals surface area contributed by atoms with Crippen molar-refractivity contribution in [3.63, 3.8) is 0 Å². The molecule has 0 aromatic heterocycles. The first-order valence-electron chi connectivity index (χ1n) is 4.16. The molecule has 0 spiro atoms. The van der Waals surface area contributed by atoms with E-state index in [1.54, 1.807) is 0 Å². The first kappa shape index (κ1) is 9.42. The summed E-state index contributed by atoms with van der Waals surface area (Å²) in [4.78, 5) is 0. The highest BCUT2D eigenvalue weighted by molar-refractivity contribution is 6.31. The van der Waals surface area contributed by atoms with Crippen LogP contribution in [0.5, 0.6) is 0 Å². The Hall–Kier alpha value is -1.14. The molecule has 1 saturated carbocycles. The Morgan fingerprint density at radius 3 is 2.50 bits per heavy atom. The van der Waals surface area contributed by atoms with Crippen molar-refractivity contribution >= 4 is 11.6 Å². The molecule has 0 bridgehead atoms. The SMILES string of the molecule is N#CC1(c2ccc(F)c(Cl)c2F)CC1. The predicted molar refractivity (Wildman–Crippen MR) is 47.9 cm³/mol. The molecule has 0 N–H and O–H groups in total. The molecule has 0 amide bonds. The average Bonchev–Trinajstić information content (AvgIpc) is 2.95. The van der Waals surface area contributed by atoms with Crippen molar-refractivity contribution in [3.8, 4) is 6.07 Å². The van der Waals surface area contributed by atoms with Crippen LogP contribution in [0.15, 0.2) is 12.1 Å². The molecule has 1 aliphatic rings. The quantitative estimate of drug-likeness (QED) is 0.658. The Kier molecular flexibility index (Phi) is 1.97. The molecule has 0 atom stereocenters. The lowest BCUT2D eigenvalue weighted by Gasteiger charge is -2.08. The van der Waals surface area contributed by atoms with Crippen molar-refractivity contribution < 1.29 is 8.78 Å². The molecule has 0 heterocycles. The van der Waals surface area contributed by atoms with Crippen LogP contribution in [0.25, 0.3) is 0 Å². The standard InChI is InChI=1S/C10H6ClF2N/c11-8-7(12)2-1-6(9(8)13)10(5-14)3-4-10/h1-2H,3-4H2. The summed E-state index contributed by atoms with van der Waals surface area (Å²) >= 11 is 5.41. The minimum absolute atomic E-state index is 0.214. The fourth-order valence-corrected chi connectivity index (χ4v) is 1.63. The van der Waals surface area contributed by atoms with E-state index in [4.69, 9.17) is 16.9 Å². The summed E-state index contributed by atoms with van der Waals surface area (Å²) in [5.41, 5.74) is -0.548. The van der Waals surface area contributed by atoms with Gasteiger partial charge in [0.05, 0.1) is 11.5 Å². The molecule has 1 aliphatic carbocycles. The van der Waals surface area contributed by atoms with Gasteiger partial charge in [0.15, 0.2) is 0 Å². The highest BCUT2D eigenvalue weighted by Crippen LogP contribution is 2.49. The highest BCUT2D eigenvalue weighted by atomic mass is 35.5. The maximum absolute atomic E-state index is 13.5. The fraction of sp³-hybridized carbons (Fsp3) is 0.300. The average molecular weight is 214 g/mol. The van der Waals surface area contributed by atoms with E-state index < -0.39 is 22.1 Å². The van der Waals surface area contributed by atoms with Crippen molar-refractivity contribution in [1.29, 1.82) is 5.26 Å². The van der Waals surface area contributed by atoms with Crippen molar-refractivity contribution in [2.75, 3.05) is 0 Å². The topological polar surface area (TPSA) is 23.8 Å². The Labute approximate surface area is 84.9 Å². The van der Waals surface area contributed by atoms with Gasteiger partial charge in [-0.25, -0.2) is 8.78 Å². The summed E-state index contributed by atoms with van der Waals surface area (Å²) in [7, 11) is 0. The second-order valence-electron chi connectivity index (χ2n) is 3.42. The van der Waals surface area contributed by atoms with Crippen molar-refractivity contribution in [2.45, 2.75) is 18.3 Å². The molecule has 0 saturated heterocycles. The van der Waals surface area contributed by atoms with Crippen LogP contribution in [-0.4, -0.2) is 0 Å². The molecule has 0 unspecified atom stereocenters. The largest absolute Gasteiger partial charge is 0.205 e. The smallest absolute Gasteiger partial charge is 0.149 e. The van der Waals surface area contributed by atoms with Gasteiger partial charge in [-0.1, -0.05) is 17.7 Å². The lowest BCUT2D eigenvalue weighted by molar-refractivity contribution is 0.566. The molecular formula is C10H6ClF2N. The van der Waals surface area contributed by atoms with E-state index in [2.05, 4.69) is 0 Å². The molecule has 1 aromatic carbocycles. The maximum atomic E-state index is 13.5. The summed E-state index contributed by atoms with van der Waals surface area (Å²) < 4.78 is 26.3. The zero-order valence-electron chi connectivity index (χ0n) is 7.15. The number of hydrogen-bond donors (Lipinski definition) is 0. The molecule has 0 radical (unpaired) electrons. The van der Waals surface area contributed by atoms with Crippen molar-refractivity contribution in [2.24, 2.45) is 0 Å². The van der Waals surface area contributed by atoms with E-state index >= 15 is 0 Å². The normalized spacial score (nSPS) is 17.6. The Bertz CT molecular complexity index is 432. The second-order valence-corrected chi connectivity index (χ2v) is 3.79. The molecule has 14 heavy (non-hydrogen) atoms. The maximum Gasteiger partial charge on any atom is 0.149 e. The van der Waals surface area contributed by atoms with E-state index in [-0.39, 0.29) is 5.56 Å². The van der Waals surface area contributed by atoms with Crippen molar-refractivity contribution in [3.05, 3.63) is 34.4 Å². The van der Waals surface area contributed by atoms with Crippen LogP contribution in [0, 0.1) is 23.0 Å². The third-order valence-electron chi connectivity index (χ3n) is 2.51. The van der Waals surface area contributed by atoms with E-state index in [0.29, 0.717) is 12.8 Å². The van der Waals surface area contributed by atoms with Crippen LogP contribution < -0.4 is 0 Å². The zero-order chi connectivity index (χ0) is 10.3. The van der Waals surface area contributed by atoms with Gasteiger partial charge in [0.2, 0.25) is 0 Å². The van der Waals surface area contributed by atoms with Gasteiger partial charge in [0, 0.05) is 5.56 Å². The highest BCUT2D eigenvalue weighted by Gasteiger charge is 2.47. The van der Waals surface area contributed by atoms with Crippen LogP contribution in [0.1, 0.15) is 18.4 Å². The fourth-order valence-electron chi connectivity index (χ4n) is 1.46. The first-order chi connectivity index (χ1) is 6.60. The van der Waals surface area contributed by atoms with Gasteiger partial charge in [-0.05, 0) is 18.9 Å². The van der Waals surface area contributed by atoms with Crippen LogP contribution in [0.4, 0.5) is 8.78 Å². The Morgan fingerprint density at radius 2 is 2.00 bits per heavy atom. The zero-order valence-corrected chi connectivity index (χ0v) is 7.91. The number of benzene rings is 1. The van der Waals surface area contributed by atoms with Gasteiger partial charge in [-0.15, -0.1) is 0 Å². The lowest BCUT2D eigenvalue weighted by atomic mass is 9.97. The first-order valence-corrected chi connectivity index (χ1v) is 4.54. The van der Waals surface area contributed by atoms with Crippen LogP contribution in [0.2, 0.25) is 5.02 Å². The summed E-state index contributed by atoms with van der Waals surface area (Å²) in [6, 6.07) is 4.43. The summed E-state index contributed by atoms with van der Waals surface area (Å²) in [5.74, 6) is -1.59. The van der Waals surface area contributed by atoms with Gasteiger partial charge >= 0.3 is 0 Å². The molecule has 2 rings (SSSR count). The number of halogens is 3. The number of rotatable bonds is 1. The Balaban J connectivity index is 2.57. The molecule has 4 heteroatoms. The van der Waals surface area contributed by atoms with Gasteiger partial charge in [0.1, 0.15) is 16.7 Å². The van der Waals surface area contributed by atoms with E-state index in [1.807, 2.05) is 6.07 Å². The lowest BCUT2D eigenvalue weighted by Crippen LogP contribution is -2.06. The second kappa shape index (κ2) is 2.93. The van der Waals surface area contributed by atoms with Gasteiger partial charge in [-0.3, -0.25) is 0 Å². The Morgan fingerprint density at radius 1 is 1.36 bits per heavy atom. The van der Waals surface area contributed by atoms with Gasteiger partial charge in [-0.2, -0.15) is 5.26 Å². The molecule has 1 fully saturated rings. The third-order valence-corrected chi connectivity index (χ3v) is 2.86. The van der Waals surface area contributed by atoms with Crippen LogP contribution in [0.3, 0.4) is 0 Å². The van der Waals surface area contributed by atoms with Crippen LogP contribution in [-0.2, 0) is 5.41 Å². The van der Waals surface area contributed by atoms with E-state index in [9.17, 15) is 8.78 Å². The minimum atomic E-state index is -0.800. The molecular weight excluding hydrogens is 208 g/mol. The molecule has 72 valence electrons. The van der Waals surface area contributed by atoms with Crippen molar-refractivity contribution in [1.82, 2.24) is 0 Å². The summed E-state index contributed by atoms with van der Waals surface area (Å²) in [6.07, 6.45) is 1.23. The predicted octanol–water partition coefficient (Wildman–Crippen LogP) is 3.17. The molecule has 0 aliphatic heterocycles. The van der Waals surface area contributed by atoms with E-state index in [1.165, 1.54) is 6.07 Å². The van der Waals surface area contributed by atoms with E-state index in [0.717, 1.165) is 6.07 Å². The monoisotopic (exact) mass is 213 g/mol. The summed E-state index contributed by atoms with van der Waals surface area (Å²) in [5, 5.41) is 8.32. The third kappa shape index (κ3) is 1.18. The van der Waals surface area contributed by atoms with Gasteiger partial charge in [0.25, 0.3) is 0 Å². The number of nitrogens with zero attached hydrogens (tertiary/aromatic N) is 1. The molecule has 1 nitrogen and oxygen atoms in total. The molecule has 1 aromatic rings. The van der Waals surface area contributed by atoms with Crippen LogP contribution >= 0.6 is 11.6 Å². The minimum Gasteiger partial charge on any atom is -0.205 e. The van der Waals surface area contributed by atoms with Gasteiger partial charge < -0.3 is 0 Å². The number of hydrogen-bond acceptors (Lipinski definition) is 1.